The SMILES string of the molecule is CCC(N)(CC)C(=O)c1cccc(OC)c1. The number of rotatable bonds is 5. The van der Waals surface area contributed by atoms with Gasteiger partial charge < -0.3 is 10.5 Å². The van der Waals surface area contributed by atoms with Crippen LogP contribution in [0, 0.1) is 0 Å². The van der Waals surface area contributed by atoms with Gasteiger partial charge in [0.1, 0.15) is 5.75 Å². The average Bonchev–Trinajstić information content (AvgIpc) is 2.37. The second-order valence-electron chi connectivity index (χ2n) is 3.92. The fourth-order valence-corrected chi connectivity index (χ4v) is 1.62. The predicted octanol–water partition coefficient (Wildman–Crippen LogP) is 2.40. The normalized spacial score (nSPS) is 11.2. The number of methoxy groups -OCH3 is 1. The molecule has 0 aliphatic heterocycles. The van der Waals surface area contributed by atoms with Gasteiger partial charge in [0.25, 0.3) is 0 Å². The van der Waals surface area contributed by atoms with Crippen molar-refractivity contribution < 1.29 is 9.53 Å². The van der Waals surface area contributed by atoms with E-state index in [4.69, 9.17) is 10.5 Å². The van der Waals surface area contributed by atoms with Crippen molar-refractivity contribution in [1.82, 2.24) is 0 Å². The van der Waals surface area contributed by atoms with E-state index in [1.165, 1.54) is 0 Å². The van der Waals surface area contributed by atoms with Crippen molar-refractivity contribution in [3.05, 3.63) is 29.8 Å². The first-order valence-corrected chi connectivity index (χ1v) is 5.55. The number of hydrogen-bond donors (Lipinski definition) is 1. The Labute approximate surface area is 96.6 Å². The van der Waals surface area contributed by atoms with E-state index in [-0.39, 0.29) is 5.78 Å². The van der Waals surface area contributed by atoms with Crippen LogP contribution in [0.5, 0.6) is 5.75 Å². The Morgan fingerprint density at radius 3 is 2.50 bits per heavy atom. The molecule has 0 bridgehead atoms. The zero-order valence-corrected chi connectivity index (χ0v) is 10.1. The molecule has 0 amide bonds. The van der Waals surface area contributed by atoms with E-state index in [1.54, 1.807) is 25.3 Å². The van der Waals surface area contributed by atoms with Crippen LogP contribution in [0.1, 0.15) is 37.0 Å². The maximum absolute atomic E-state index is 12.2. The smallest absolute Gasteiger partial charge is 0.182 e. The summed E-state index contributed by atoms with van der Waals surface area (Å²) in [7, 11) is 1.58. The third-order valence-electron chi connectivity index (χ3n) is 3.05. The zero-order chi connectivity index (χ0) is 12.2. The van der Waals surface area contributed by atoms with Crippen LogP contribution in [0.25, 0.3) is 0 Å². The minimum absolute atomic E-state index is 0.0172. The summed E-state index contributed by atoms with van der Waals surface area (Å²) < 4.78 is 5.09. The van der Waals surface area contributed by atoms with E-state index in [0.717, 1.165) is 0 Å². The first-order chi connectivity index (χ1) is 7.57. The Morgan fingerprint density at radius 2 is 2.00 bits per heavy atom. The molecule has 2 N–H and O–H groups in total. The molecule has 0 aliphatic carbocycles. The topological polar surface area (TPSA) is 52.3 Å². The Hall–Kier alpha value is -1.35. The highest BCUT2D eigenvalue weighted by Gasteiger charge is 2.30. The van der Waals surface area contributed by atoms with Gasteiger partial charge in [0.15, 0.2) is 5.78 Å². The maximum Gasteiger partial charge on any atom is 0.182 e. The lowest BCUT2D eigenvalue weighted by Crippen LogP contribution is -2.46. The minimum Gasteiger partial charge on any atom is -0.497 e. The number of ketones is 1. The van der Waals surface area contributed by atoms with Crippen molar-refractivity contribution in [3.8, 4) is 5.75 Å². The summed E-state index contributed by atoms with van der Waals surface area (Å²) >= 11 is 0. The van der Waals surface area contributed by atoms with Crippen molar-refractivity contribution >= 4 is 5.78 Å². The summed E-state index contributed by atoms with van der Waals surface area (Å²) in [5.41, 5.74) is 5.93. The lowest BCUT2D eigenvalue weighted by atomic mass is 9.85. The van der Waals surface area contributed by atoms with E-state index in [2.05, 4.69) is 0 Å². The average molecular weight is 221 g/mol. The van der Waals surface area contributed by atoms with E-state index in [9.17, 15) is 4.79 Å². The van der Waals surface area contributed by atoms with Gasteiger partial charge in [-0.1, -0.05) is 26.0 Å². The molecular formula is C13H19NO2. The molecule has 0 fully saturated rings. The summed E-state index contributed by atoms with van der Waals surface area (Å²) in [6.45, 7) is 3.86. The van der Waals surface area contributed by atoms with Crippen LogP contribution < -0.4 is 10.5 Å². The highest BCUT2D eigenvalue weighted by Crippen LogP contribution is 2.21. The van der Waals surface area contributed by atoms with Crippen LogP contribution >= 0.6 is 0 Å². The Kier molecular flexibility index (Phi) is 4.07. The van der Waals surface area contributed by atoms with E-state index in [1.807, 2.05) is 19.9 Å². The fourth-order valence-electron chi connectivity index (χ4n) is 1.62. The molecule has 1 aromatic rings. The molecular weight excluding hydrogens is 202 g/mol. The van der Waals surface area contributed by atoms with Crippen LogP contribution in [0.4, 0.5) is 0 Å². The van der Waals surface area contributed by atoms with Gasteiger partial charge >= 0.3 is 0 Å². The van der Waals surface area contributed by atoms with E-state index >= 15 is 0 Å². The highest BCUT2D eigenvalue weighted by atomic mass is 16.5. The van der Waals surface area contributed by atoms with Crippen LogP contribution in [-0.4, -0.2) is 18.4 Å². The number of carbonyl (C=O) groups excluding carboxylic acids is 1. The molecule has 0 saturated heterocycles. The Bertz CT molecular complexity index is 370. The Morgan fingerprint density at radius 1 is 1.38 bits per heavy atom. The van der Waals surface area contributed by atoms with Crippen molar-refractivity contribution in [2.75, 3.05) is 7.11 Å². The number of hydrogen-bond acceptors (Lipinski definition) is 3. The Balaban J connectivity index is 3.04. The monoisotopic (exact) mass is 221 g/mol. The lowest BCUT2D eigenvalue weighted by molar-refractivity contribution is 0.0879. The molecule has 0 heterocycles. The van der Waals surface area contributed by atoms with Crippen molar-refractivity contribution in [1.29, 1.82) is 0 Å². The van der Waals surface area contributed by atoms with Crippen LogP contribution in [-0.2, 0) is 0 Å². The molecule has 0 spiro atoms. The van der Waals surface area contributed by atoms with E-state index in [0.29, 0.717) is 24.2 Å². The second-order valence-corrected chi connectivity index (χ2v) is 3.92. The first-order valence-electron chi connectivity index (χ1n) is 5.55. The quantitative estimate of drug-likeness (QED) is 0.777. The third kappa shape index (κ3) is 2.42. The number of Topliss-reactive ketones (excluding diaryl/α,β-unsaturated/α-hetero) is 1. The van der Waals surface area contributed by atoms with Gasteiger partial charge in [0.2, 0.25) is 0 Å². The lowest BCUT2D eigenvalue weighted by Gasteiger charge is -2.24. The first kappa shape index (κ1) is 12.7. The predicted molar refractivity (Wildman–Crippen MR) is 64.8 cm³/mol. The summed E-state index contributed by atoms with van der Waals surface area (Å²) in [6.07, 6.45) is 1.28. The van der Waals surface area contributed by atoms with Crippen LogP contribution in [0.3, 0.4) is 0 Å². The van der Waals surface area contributed by atoms with E-state index < -0.39 is 5.54 Å². The molecule has 3 heteroatoms. The third-order valence-corrected chi connectivity index (χ3v) is 3.05. The molecule has 0 atom stereocenters. The van der Waals surface area contributed by atoms with Gasteiger partial charge in [-0.25, -0.2) is 0 Å². The van der Waals surface area contributed by atoms with Gasteiger partial charge in [0, 0.05) is 5.56 Å². The number of carbonyl (C=O) groups is 1. The molecule has 0 radical (unpaired) electrons. The van der Waals surface area contributed by atoms with Gasteiger partial charge in [0.05, 0.1) is 12.6 Å². The highest BCUT2D eigenvalue weighted by molar-refractivity contribution is 6.03. The summed E-state index contributed by atoms with van der Waals surface area (Å²) in [6, 6.07) is 7.12. The maximum atomic E-state index is 12.2. The van der Waals surface area contributed by atoms with Gasteiger partial charge in [-0.05, 0) is 25.0 Å². The molecule has 1 rings (SSSR count). The summed E-state index contributed by atoms with van der Waals surface area (Å²) in [4.78, 5) is 12.2. The standard InChI is InChI=1S/C13H19NO2/c1-4-13(14,5-2)12(15)10-7-6-8-11(9-10)16-3/h6-9H,4-5,14H2,1-3H3. The summed E-state index contributed by atoms with van der Waals surface area (Å²) in [5, 5.41) is 0. The van der Waals surface area contributed by atoms with Crippen molar-refractivity contribution in [2.45, 2.75) is 32.2 Å². The van der Waals surface area contributed by atoms with Crippen molar-refractivity contribution in [2.24, 2.45) is 5.73 Å². The molecule has 16 heavy (non-hydrogen) atoms. The number of nitrogens with two attached hydrogens (primary N) is 1. The van der Waals surface area contributed by atoms with Gasteiger partial charge in [-0.15, -0.1) is 0 Å². The van der Waals surface area contributed by atoms with Crippen molar-refractivity contribution in [3.63, 3.8) is 0 Å². The molecule has 0 aliphatic rings. The minimum atomic E-state index is -0.758. The fraction of sp³-hybridized carbons (Fsp3) is 0.462. The number of ether oxygens (including phenoxy) is 1. The second kappa shape index (κ2) is 5.12. The molecule has 0 unspecified atom stereocenters. The molecule has 0 saturated carbocycles. The van der Waals surface area contributed by atoms with Crippen LogP contribution in [0.15, 0.2) is 24.3 Å². The molecule has 3 nitrogen and oxygen atoms in total. The summed E-state index contributed by atoms with van der Waals surface area (Å²) in [5.74, 6) is 0.664. The molecule has 88 valence electrons. The van der Waals surface area contributed by atoms with Gasteiger partial charge in [-0.2, -0.15) is 0 Å². The van der Waals surface area contributed by atoms with Crippen LogP contribution in [0.2, 0.25) is 0 Å². The largest absolute Gasteiger partial charge is 0.497 e. The van der Waals surface area contributed by atoms with Gasteiger partial charge in [-0.3, -0.25) is 4.79 Å². The molecule has 1 aromatic carbocycles. The zero-order valence-electron chi connectivity index (χ0n) is 10.1. The molecule has 0 aromatic heterocycles. The number of benzene rings is 1.